The zero-order valence-corrected chi connectivity index (χ0v) is 11.1. The van der Waals surface area contributed by atoms with E-state index >= 15 is 0 Å². The first-order chi connectivity index (χ1) is 8.13. The van der Waals surface area contributed by atoms with Gasteiger partial charge in [-0.05, 0) is 31.7 Å². The van der Waals surface area contributed by atoms with Crippen LogP contribution < -0.4 is 4.90 Å². The molecule has 17 heavy (non-hydrogen) atoms. The van der Waals surface area contributed by atoms with Crippen LogP contribution in [0.3, 0.4) is 0 Å². The van der Waals surface area contributed by atoms with Crippen molar-refractivity contribution in [3.8, 4) is 0 Å². The highest BCUT2D eigenvalue weighted by Gasteiger charge is 2.28. The van der Waals surface area contributed by atoms with Crippen molar-refractivity contribution >= 4 is 5.69 Å². The van der Waals surface area contributed by atoms with Crippen molar-refractivity contribution in [1.29, 1.82) is 0 Å². The Morgan fingerprint density at radius 2 is 2.18 bits per heavy atom. The first-order valence-electron chi connectivity index (χ1n) is 6.60. The van der Waals surface area contributed by atoms with Crippen LogP contribution >= 0.6 is 0 Å². The van der Waals surface area contributed by atoms with Crippen molar-refractivity contribution in [3.05, 3.63) is 29.3 Å². The summed E-state index contributed by atoms with van der Waals surface area (Å²) in [6.07, 6.45) is 2.54. The maximum atomic E-state index is 9.50. The van der Waals surface area contributed by atoms with Gasteiger partial charge >= 0.3 is 0 Å². The summed E-state index contributed by atoms with van der Waals surface area (Å²) in [5.74, 6) is 0.672. The maximum Gasteiger partial charge on any atom is 0.0702 e. The lowest BCUT2D eigenvalue weighted by molar-refractivity contribution is 0.281. The summed E-state index contributed by atoms with van der Waals surface area (Å²) in [5, 5.41) is 9.50. The molecule has 1 aliphatic heterocycles. The molecule has 0 aliphatic carbocycles. The van der Waals surface area contributed by atoms with Gasteiger partial charge in [-0.2, -0.15) is 0 Å². The van der Waals surface area contributed by atoms with Crippen LogP contribution in [0.25, 0.3) is 0 Å². The molecule has 1 unspecified atom stereocenters. The minimum absolute atomic E-state index is 0.137. The standard InChI is InChI=1S/C15H23NO/c1-11(2)14-5-4-8-16(14)15-7-6-12(3)9-13(15)10-17/h6-7,9,11,14,17H,4-5,8,10H2,1-3H3. The second-order valence-electron chi connectivity index (χ2n) is 5.44. The average molecular weight is 233 g/mol. The molecule has 0 radical (unpaired) electrons. The number of anilines is 1. The lowest BCUT2D eigenvalue weighted by Gasteiger charge is -2.31. The third-order valence-corrected chi connectivity index (χ3v) is 3.78. The van der Waals surface area contributed by atoms with Gasteiger partial charge in [0.05, 0.1) is 6.61 Å². The monoisotopic (exact) mass is 233 g/mol. The zero-order valence-electron chi connectivity index (χ0n) is 11.1. The number of aryl methyl sites for hydroxylation is 1. The Morgan fingerprint density at radius 3 is 2.82 bits per heavy atom. The van der Waals surface area contributed by atoms with Crippen LogP contribution in [0, 0.1) is 12.8 Å². The normalized spacial score (nSPS) is 20.3. The van der Waals surface area contributed by atoms with E-state index in [-0.39, 0.29) is 6.61 Å². The lowest BCUT2D eigenvalue weighted by atomic mass is 10.0. The fraction of sp³-hybridized carbons (Fsp3) is 0.600. The van der Waals surface area contributed by atoms with Crippen molar-refractivity contribution in [2.75, 3.05) is 11.4 Å². The van der Waals surface area contributed by atoms with Crippen molar-refractivity contribution < 1.29 is 5.11 Å². The molecule has 1 aliphatic rings. The third-order valence-electron chi connectivity index (χ3n) is 3.78. The van der Waals surface area contributed by atoms with E-state index in [1.165, 1.54) is 24.1 Å². The minimum atomic E-state index is 0.137. The summed E-state index contributed by atoms with van der Waals surface area (Å²) in [4.78, 5) is 2.48. The van der Waals surface area contributed by atoms with Gasteiger partial charge in [-0.15, -0.1) is 0 Å². The summed E-state index contributed by atoms with van der Waals surface area (Å²) in [7, 11) is 0. The van der Waals surface area contributed by atoms with E-state index in [1.54, 1.807) is 0 Å². The second-order valence-corrected chi connectivity index (χ2v) is 5.44. The van der Waals surface area contributed by atoms with Gasteiger partial charge in [0.15, 0.2) is 0 Å². The summed E-state index contributed by atoms with van der Waals surface area (Å²) in [6.45, 7) is 7.91. The highest BCUT2D eigenvalue weighted by molar-refractivity contribution is 5.56. The molecule has 1 heterocycles. The molecule has 0 aromatic heterocycles. The molecule has 1 fully saturated rings. The summed E-state index contributed by atoms with van der Waals surface area (Å²) < 4.78 is 0. The second kappa shape index (κ2) is 5.09. The van der Waals surface area contributed by atoms with Crippen LogP contribution in [0.15, 0.2) is 18.2 Å². The highest BCUT2D eigenvalue weighted by Crippen LogP contribution is 2.32. The van der Waals surface area contributed by atoms with Crippen LogP contribution in [-0.2, 0) is 6.61 Å². The van der Waals surface area contributed by atoms with E-state index in [9.17, 15) is 5.11 Å². The number of hydrogen-bond acceptors (Lipinski definition) is 2. The van der Waals surface area contributed by atoms with Crippen LogP contribution in [-0.4, -0.2) is 17.7 Å². The predicted molar refractivity (Wildman–Crippen MR) is 72.3 cm³/mol. The van der Waals surface area contributed by atoms with Crippen LogP contribution in [0.2, 0.25) is 0 Å². The Balaban J connectivity index is 2.32. The molecule has 0 spiro atoms. The van der Waals surface area contributed by atoms with Gasteiger partial charge in [-0.1, -0.05) is 31.5 Å². The Hall–Kier alpha value is -1.02. The summed E-state index contributed by atoms with van der Waals surface area (Å²) >= 11 is 0. The highest BCUT2D eigenvalue weighted by atomic mass is 16.3. The lowest BCUT2D eigenvalue weighted by Crippen LogP contribution is -2.34. The number of aliphatic hydroxyl groups excluding tert-OH is 1. The van der Waals surface area contributed by atoms with E-state index in [2.05, 4.69) is 43.9 Å². The molecule has 1 atom stereocenters. The van der Waals surface area contributed by atoms with Crippen molar-refractivity contribution in [2.24, 2.45) is 5.92 Å². The smallest absolute Gasteiger partial charge is 0.0702 e. The molecule has 0 amide bonds. The van der Waals surface area contributed by atoms with E-state index in [1.807, 2.05) is 0 Å². The molecular formula is C15H23NO. The molecule has 1 N–H and O–H groups in total. The number of hydrogen-bond donors (Lipinski definition) is 1. The SMILES string of the molecule is Cc1ccc(N2CCCC2C(C)C)c(CO)c1. The molecule has 0 saturated carbocycles. The molecule has 2 rings (SSSR count). The van der Waals surface area contributed by atoms with Gasteiger partial charge in [0.2, 0.25) is 0 Å². The zero-order chi connectivity index (χ0) is 12.4. The Bertz CT molecular complexity index is 387. The van der Waals surface area contributed by atoms with Gasteiger partial charge in [0, 0.05) is 23.8 Å². The molecule has 2 nitrogen and oxygen atoms in total. The van der Waals surface area contributed by atoms with Crippen molar-refractivity contribution in [3.63, 3.8) is 0 Å². The van der Waals surface area contributed by atoms with Crippen molar-refractivity contribution in [2.45, 2.75) is 46.3 Å². The Kier molecular flexibility index (Phi) is 3.72. The summed E-state index contributed by atoms with van der Waals surface area (Å²) in [5.41, 5.74) is 3.52. The number of benzene rings is 1. The topological polar surface area (TPSA) is 23.5 Å². The predicted octanol–water partition coefficient (Wildman–Crippen LogP) is 3.11. The maximum absolute atomic E-state index is 9.50. The quantitative estimate of drug-likeness (QED) is 0.867. The molecular weight excluding hydrogens is 210 g/mol. The molecule has 94 valence electrons. The third kappa shape index (κ3) is 2.47. The van der Waals surface area contributed by atoms with E-state index < -0.39 is 0 Å². The first-order valence-corrected chi connectivity index (χ1v) is 6.60. The minimum Gasteiger partial charge on any atom is -0.392 e. The fourth-order valence-electron chi connectivity index (χ4n) is 2.91. The van der Waals surface area contributed by atoms with E-state index in [4.69, 9.17) is 0 Å². The molecule has 1 aromatic rings. The van der Waals surface area contributed by atoms with Crippen LogP contribution in [0.4, 0.5) is 5.69 Å². The van der Waals surface area contributed by atoms with Gasteiger partial charge < -0.3 is 10.0 Å². The summed E-state index contributed by atoms with van der Waals surface area (Å²) in [6, 6.07) is 7.04. The Labute approximate surface area is 104 Å². The molecule has 1 aromatic carbocycles. The van der Waals surface area contributed by atoms with E-state index in [0.717, 1.165) is 12.1 Å². The van der Waals surface area contributed by atoms with Gasteiger partial charge in [0.25, 0.3) is 0 Å². The number of aliphatic hydroxyl groups is 1. The molecule has 2 heteroatoms. The van der Waals surface area contributed by atoms with E-state index in [0.29, 0.717) is 12.0 Å². The van der Waals surface area contributed by atoms with Crippen LogP contribution in [0.5, 0.6) is 0 Å². The average Bonchev–Trinajstić information content (AvgIpc) is 2.77. The first kappa shape index (κ1) is 12.4. The fourth-order valence-corrected chi connectivity index (χ4v) is 2.91. The van der Waals surface area contributed by atoms with Crippen LogP contribution in [0.1, 0.15) is 37.8 Å². The Morgan fingerprint density at radius 1 is 1.41 bits per heavy atom. The largest absolute Gasteiger partial charge is 0.392 e. The van der Waals surface area contributed by atoms with Gasteiger partial charge in [-0.25, -0.2) is 0 Å². The molecule has 1 saturated heterocycles. The van der Waals surface area contributed by atoms with Gasteiger partial charge in [0.1, 0.15) is 0 Å². The molecule has 0 bridgehead atoms. The number of rotatable bonds is 3. The van der Waals surface area contributed by atoms with Crippen molar-refractivity contribution in [1.82, 2.24) is 0 Å². The number of nitrogens with zero attached hydrogens (tertiary/aromatic N) is 1. The van der Waals surface area contributed by atoms with Gasteiger partial charge in [-0.3, -0.25) is 0 Å².